The summed E-state index contributed by atoms with van der Waals surface area (Å²) in [5.74, 6) is -0.358. The van der Waals surface area contributed by atoms with Crippen LogP contribution in [0.5, 0.6) is 0 Å². The van der Waals surface area contributed by atoms with Gasteiger partial charge in [0.2, 0.25) is 0 Å². The van der Waals surface area contributed by atoms with Crippen LogP contribution >= 0.6 is 11.6 Å². The van der Waals surface area contributed by atoms with Crippen molar-refractivity contribution in [1.29, 1.82) is 0 Å². The SMILES string of the molecule is COC(C)(CNC(=O)Nc1ccc(F)cc1)c1cccc(Cl)c1. The van der Waals surface area contributed by atoms with Gasteiger partial charge in [0.1, 0.15) is 11.4 Å². The third-order valence-corrected chi connectivity index (χ3v) is 3.81. The Morgan fingerprint density at radius 3 is 2.57 bits per heavy atom. The van der Waals surface area contributed by atoms with Crippen molar-refractivity contribution >= 4 is 23.3 Å². The molecule has 2 amide bonds. The number of hydrogen-bond donors (Lipinski definition) is 2. The van der Waals surface area contributed by atoms with Crippen LogP contribution in [0.15, 0.2) is 48.5 Å². The van der Waals surface area contributed by atoms with Gasteiger partial charge in [-0.25, -0.2) is 9.18 Å². The van der Waals surface area contributed by atoms with E-state index in [9.17, 15) is 9.18 Å². The predicted molar refractivity (Wildman–Crippen MR) is 89.2 cm³/mol. The third-order valence-electron chi connectivity index (χ3n) is 3.57. The first-order valence-corrected chi connectivity index (χ1v) is 7.42. The van der Waals surface area contributed by atoms with Crippen LogP contribution in [-0.2, 0) is 10.3 Å². The number of carbonyl (C=O) groups excluding carboxylic acids is 1. The molecule has 1 atom stereocenters. The Morgan fingerprint density at radius 2 is 1.96 bits per heavy atom. The Kier molecular flexibility index (Phi) is 5.58. The fourth-order valence-corrected chi connectivity index (χ4v) is 2.26. The molecule has 0 fully saturated rings. The fourth-order valence-electron chi connectivity index (χ4n) is 2.07. The number of nitrogens with one attached hydrogen (secondary N) is 2. The van der Waals surface area contributed by atoms with E-state index < -0.39 is 11.6 Å². The number of rotatable bonds is 5. The average Bonchev–Trinajstić information content (AvgIpc) is 2.55. The summed E-state index contributed by atoms with van der Waals surface area (Å²) in [5.41, 5.74) is 0.644. The molecule has 2 aromatic carbocycles. The minimum atomic E-state index is -0.717. The molecule has 0 heterocycles. The Labute approximate surface area is 139 Å². The van der Waals surface area contributed by atoms with Crippen LogP contribution in [0.2, 0.25) is 5.02 Å². The highest BCUT2D eigenvalue weighted by molar-refractivity contribution is 6.30. The minimum absolute atomic E-state index is 0.247. The van der Waals surface area contributed by atoms with Crippen molar-refractivity contribution in [1.82, 2.24) is 5.32 Å². The molecule has 0 aromatic heterocycles. The highest BCUT2D eigenvalue weighted by Gasteiger charge is 2.27. The van der Waals surface area contributed by atoms with E-state index in [4.69, 9.17) is 16.3 Å². The van der Waals surface area contributed by atoms with Crippen molar-refractivity contribution in [3.63, 3.8) is 0 Å². The van der Waals surface area contributed by atoms with Gasteiger partial charge in [0.25, 0.3) is 0 Å². The van der Waals surface area contributed by atoms with E-state index >= 15 is 0 Å². The van der Waals surface area contributed by atoms with E-state index in [1.165, 1.54) is 24.3 Å². The Morgan fingerprint density at radius 1 is 1.26 bits per heavy atom. The predicted octanol–water partition coefficient (Wildman–Crippen LogP) is 4.16. The molecule has 0 saturated heterocycles. The molecule has 0 bridgehead atoms. The van der Waals surface area contributed by atoms with Crippen LogP contribution < -0.4 is 10.6 Å². The number of carbonyl (C=O) groups is 1. The van der Waals surface area contributed by atoms with Gasteiger partial charge in [-0.05, 0) is 48.9 Å². The summed E-state index contributed by atoms with van der Waals surface area (Å²) in [7, 11) is 1.57. The topological polar surface area (TPSA) is 50.4 Å². The van der Waals surface area contributed by atoms with Crippen molar-refractivity contribution in [2.45, 2.75) is 12.5 Å². The van der Waals surface area contributed by atoms with E-state index in [1.54, 1.807) is 19.2 Å². The first-order chi connectivity index (χ1) is 10.9. The van der Waals surface area contributed by atoms with Crippen LogP contribution in [0.3, 0.4) is 0 Å². The summed E-state index contributed by atoms with van der Waals surface area (Å²) in [5, 5.41) is 5.97. The Hall–Kier alpha value is -2.11. The minimum Gasteiger partial charge on any atom is -0.372 e. The summed E-state index contributed by atoms with van der Waals surface area (Å²) in [6.07, 6.45) is 0. The first-order valence-electron chi connectivity index (χ1n) is 7.04. The van der Waals surface area contributed by atoms with Gasteiger partial charge in [-0.2, -0.15) is 0 Å². The van der Waals surface area contributed by atoms with E-state index in [0.717, 1.165) is 5.56 Å². The number of urea groups is 1. The monoisotopic (exact) mass is 336 g/mol. The first kappa shape index (κ1) is 17.2. The van der Waals surface area contributed by atoms with Crippen molar-refractivity contribution in [2.24, 2.45) is 0 Å². The van der Waals surface area contributed by atoms with Gasteiger partial charge >= 0.3 is 6.03 Å². The number of anilines is 1. The Bertz CT molecular complexity index is 679. The zero-order valence-corrected chi connectivity index (χ0v) is 13.7. The zero-order valence-electron chi connectivity index (χ0n) is 12.9. The number of methoxy groups -OCH3 is 1. The molecule has 4 nitrogen and oxygen atoms in total. The van der Waals surface area contributed by atoms with Crippen molar-refractivity contribution in [2.75, 3.05) is 19.0 Å². The molecular weight excluding hydrogens is 319 g/mol. The number of halogens is 2. The van der Waals surface area contributed by atoms with Gasteiger partial charge in [0.15, 0.2) is 0 Å². The van der Waals surface area contributed by atoms with Gasteiger partial charge < -0.3 is 15.4 Å². The van der Waals surface area contributed by atoms with Crippen molar-refractivity contribution < 1.29 is 13.9 Å². The normalized spacial score (nSPS) is 13.2. The Balaban J connectivity index is 1.99. The number of ether oxygens (including phenoxy) is 1. The van der Waals surface area contributed by atoms with E-state index in [2.05, 4.69) is 10.6 Å². The van der Waals surface area contributed by atoms with Gasteiger partial charge in [-0.15, -0.1) is 0 Å². The summed E-state index contributed by atoms with van der Waals surface area (Å²) < 4.78 is 18.4. The molecule has 2 rings (SSSR count). The molecule has 1 unspecified atom stereocenters. The summed E-state index contributed by atoms with van der Waals surface area (Å²) in [6.45, 7) is 2.10. The second-order valence-corrected chi connectivity index (χ2v) is 5.70. The maximum atomic E-state index is 12.8. The number of hydrogen-bond acceptors (Lipinski definition) is 2. The van der Waals surface area contributed by atoms with Crippen LogP contribution in [-0.4, -0.2) is 19.7 Å². The van der Waals surface area contributed by atoms with Crippen molar-refractivity contribution in [3.05, 3.63) is 64.9 Å². The molecule has 0 spiro atoms. The molecule has 2 aromatic rings. The maximum absolute atomic E-state index is 12.8. The molecular formula is C17H18ClFN2O2. The van der Waals surface area contributed by atoms with Gasteiger partial charge in [0.05, 0.1) is 6.54 Å². The average molecular weight is 337 g/mol. The van der Waals surface area contributed by atoms with Gasteiger partial charge in [-0.3, -0.25) is 0 Å². The zero-order chi connectivity index (χ0) is 16.9. The lowest BCUT2D eigenvalue weighted by molar-refractivity contribution is 0.00521. The van der Waals surface area contributed by atoms with E-state index in [1.807, 2.05) is 19.1 Å². The number of benzene rings is 2. The highest BCUT2D eigenvalue weighted by Crippen LogP contribution is 2.26. The highest BCUT2D eigenvalue weighted by atomic mass is 35.5. The van der Waals surface area contributed by atoms with Crippen molar-refractivity contribution in [3.8, 4) is 0 Å². The smallest absolute Gasteiger partial charge is 0.319 e. The molecule has 0 saturated carbocycles. The molecule has 23 heavy (non-hydrogen) atoms. The van der Waals surface area contributed by atoms with Crippen LogP contribution in [0, 0.1) is 5.82 Å². The second kappa shape index (κ2) is 7.44. The van der Waals surface area contributed by atoms with Crippen LogP contribution in [0.1, 0.15) is 12.5 Å². The quantitative estimate of drug-likeness (QED) is 0.861. The van der Waals surface area contributed by atoms with Crippen LogP contribution in [0.25, 0.3) is 0 Å². The maximum Gasteiger partial charge on any atom is 0.319 e. The van der Waals surface area contributed by atoms with E-state index in [-0.39, 0.29) is 12.4 Å². The van der Waals surface area contributed by atoms with Gasteiger partial charge in [0, 0.05) is 17.8 Å². The molecule has 0 aliphatic heterocycles. The summed E-state index contributed by atoms with van der Waals surface area (Å²) >= 11 is 6.00. The van der Waals surface area contributed by atoms with Crippen LogP contribution in [0.4, 0.5) is 14.9 Å². The molecule has 0 aliphatic carbocycles. The lowest BCUT2D eigenvalue weighted by Gasteiger charge is -2.29. The van der Waals surface area contributed by atoms with Gasteiger partial charge in [-0.1, -0.05) is 23.7 Å². The second-order valence-electron chi connectivity index (χ2n) is 5.26. The fraction of sp³-hybridized carbons (Fsp3) is 0.235. The summed E-state index contributed by atoms with van der Waals surface area (Å²) in [6, 6.07) is 12.4. The lowest BCUT2D eigenvalue weighted by atomic mass is 9.96. The standard InChI is InChI=1S/C17H18ClFN2O2/c1-17(23-2,12-4-3-5-13(18)10-12)11-20-16(22)21-15-8-6-14(19)7-9-15/h3-10H,11H2,1-2H3,(H2,20,21,22). The lowest BCUT2D eigenvalue weighted by Crippen LogP contribution is -2.41. The largest absolute Gasteiger partial charge is 0.372 e. The molecule has 2 N–H and O–H groups in total. The van der Waals surface area contributed by atoms with E-state index in [0.29, 0.717) is 10.7 Å². The number of amides is 2. The third kappa shape index (κ3) is 4.68. The molecule has 122 valence electrons. The molecule has 0 radical (unpaired) electrons. The summed E-state index contributed by atoms with van der Waals surface area (Å²) in [4.78, 5) is 12.0. The molecule has 6 heteroatoms. The molecule has 0 aliphatic rings.